The van der Waals surface area contributed by atoms with E-state index in [-0.39, 0.29) is 24.7 Å². The number of carbonyl (C=O) groups excluding carboxylic acids is 2. The Morgan fingerprint density at radius 1 is 0.955 bits per heavy atom. The SMILES string of the molecule is Nc1ccccc1NC(=O)/C=C/CC[C@H](Oc1ccccc1)[C@@H](OC(=O)Nc1ccc2c(c1)OCO2)c1ccc(O)c(F)c1. The molecule has 5 rings (SSSR count). The average molecular weight is 600 g/mol. The fourth-order valence-corrected chi connectivity index (χ4v) is 4.48. The van der Waals surface area contributed by atoms with Crippen molar-refractivity contribution in [3.05, 3.63) is 115 Å². The number of amides is 2. The maximum Gasteiger partial charge on any atom is 0.412 e. The molecule has 4 aromatic rings. The molecule has 0 spiro atoms. The maximum atomic E-state index is 14.5. The first-order valence-electron chi connectivity index (χ1n) is 13.7. The Hall–Kier alpha value is -5.71. The number of aromatic hydroxyl groups is 1. The highest BCUT2D eigenvalue weighted by Gasteiger charge is 2.30. The van der Waals surface area contributed by atoms with E-state index in [0.717, 1.165) is 6.07 Å². The van der Waals surface area contributed by atoms with E-state index in [2.05, 4.69) is 10.6 Å². The number of phenolic OH excluding ortho intramolecular Hbond substituents is 1. The van der Waals surface area contributed by atoms with Crippen LogP contribution in [0, 0.1) is 5.82 Å². The van der Waals surface area contributed by atoms with Crippen molar-refractivity contribution >= 4 is 29.1 Å². The normalized spacial score (nSPS) is 13.2. The van der Waals surface area contributed by atoms with Crippen LogP contribution < -0.4 is 30.6 Å². The van der Waals surface area contributed by atoms with E-state index in [1.807, 2.05) is 6.07 Å². The third-order valence-corrected chi connectivity index (χ3v) is 6.63. The van der Waals surface area contributed by atoms with E-state index in [4.69, 9.17) is 24.7 Å². The zero-order valence-corrected chi connectivity index (χ0v) is 23.4. The molecule has 4 aromatic carbocycles. The van der Waals surface area contributed by atoms with Crippen LogP contribution in [0.5, 0.6) is 23.0 Å². The van der Waals surface area contributed by atoms with Gasteiger partial charge in [0.25, 0.3) is 0 Å². The topological polar surface area (TPSA) is 141 Å². The number of halogens is 1. The molecule has 1 aliphatic rings. The quantitative estimate of drug-likeness (QED) is 0.112. The van der Waals surface area contributed by atoms with Gasteiger partial charge < -0.3 is 35.1 Å². The number of ether oxygens (including phenoxy) is 4. The summed E-state index contributed by atoms with van der Waals surface area (Å²) in [5.41, 5.74) is 7.47. The number of para-hydroxylation sites is 3. The van der Waals surface area contributed by atoms with Crippen molar-refractivity contribution in [2.75, 3.05) is 23.2 Å². The zero-order valence-electron chi connectivity index (χ0n) is 23.4. The number of fused-ring (bicyclic) bond motifs is 1. The van der Waals surface area contributed by atoms with Gasteiger partial charge in [-0.25, -0.2) is 9.18 Å². The zero-order chi connectivity index (χ0) is 30.9. The van der Waals surface area contributed by atoms with E-state index in [1.54, 1.807) is 72.8 Å². The smallest absolute Gasteiger partial charge is 0.412 e. The first kappa shape index (κ1) is 29.8. The number of benzene rings is 4. The fourth-order valence-electron chi connectivity index (χ4n) is 4.48. The molecule has 2 amide bonds. The second-order valence-electron chi connectivity index (χ2n) is 9.76. The number of allylic oxidation sites excluding steroid dienone is 1. The van der Waals surface area contributed by atoms with Crippen LogP contribution in [0.15, 0.2) is 103 Å². The molecule has 11 heteroatoms. The van der Waals surface area contributed by atoms with Crippen LogP contribution in [-0.2, 0) is 9.53 Å². The van der Waals surface area contributed by atoms with Crippen molar-refractivity contribution in [2.24, 2.45) is 0 Å². The van der Waals surface area contributed by atoms with Crippen LogP contribution in [0.25, 0.3) is 0 Å². The molecule has 0 unspecified atom stereocenters. The number of nitrogen functional groups attached to an aromatic ring is 1. The molecule has 0 saturated carbocycles. The lowest BCUT2D eigenvalue weighted by Gasteiger charge is -2.28. The second-order valence-corrected chi connectivity index (χ2v) is 9.76. The van der Waals surface area contributed by atoms with Gasteiger partial charge in [0.1, 0.15) is 11.9 Å². The molecule has 226 valence electrons. The summed E-state index contributed by atoms with van der Waals surface area (Å²) in [6.45, 7) is 0.0760. The van der Waals surface area contributed by atoms with Gasteiger partial charge in [-0.2, -0.15) is 0 Å². The highest BCUT2D eigenvalue weighted by Crippen LogP contribution is 2.35. The largest absolute Gasteiger partial charge is 0.505 e. The number of phenols is 1. The third-order valence-electron chi connectivity index (χ3n) is 6.63. The molecule has 0 fully saturated rings. The van der Waals surface area contributed by atoms with Crippen LogP contribution in [0.2, 0.25) is 0 Å². The van der Waals surface area contributed by atoms with E-state index in [0.29, 0.717) is 40.7 Å². The molecule has 1 heterocycles. The Morgan fingerprint density at radius 2 is 1.73 bits per heavy atom. The van der Waals surface area contributed by atoms with Gasteiger partial charge >= 0.3 is 6.09 Å². The number of nitrogens with two attached hydrogens (primary N) is 1. The molecule has 44 heavy (non-hydrogen) atoms. The Morgan fingerprint density at radius 3 is 2.52 bits per heavy atom. The molecular formula is C33H30FN3O7. The lowest BCUT2D eigenvalue weighted by atomic mass is 9.99. The Balaban J connectivity index is 1.35. The first-order valence-corrected chi connectivity index (χ1v) is 13.7. The van der Waals surface area contributed by atoms with Gasteiger partial charge in [-0.3, -0.25) is 10.1 Å². The molecule has 1 aliphatic heterocycles. The van der Waals surface area contributed by atoms with Crippen LogP contribution in [-0.4, -0.2) is 30.0 Å². The standard InChI is InChI=1S/C33H30FN3O7/c34-24-18-21(14-16-27(24)38)32(44-33(40)36-22-15-17-28-30(19-22)42-20-41-28)29(43-23-8-2-1-3-9-23)12-6-7-13-31(39)37-26-11-5-4-10-25(26)35/h1-5,7-11,13-19,29,32,38H,6,12,20,35H2,(H,36,40)(H,37,39)/b13-7+/t29-,32-/m0/s1. The van der Waals surface area contributed by atoms with E-state index in [9.17, 15) is 19.1 Å². The number of carbonyl (C=O) groups is 2. The number of hydrogen-bond donors (Lipinski definition) is 4. The third kappa shape index (κ3) is 7.77. The highest BCUT2D eigenvalue weighted by atomic mass is 19.1. The lowest BCUT2D eigenvalue weighted by Crippen LogP contribution is -2.31. The molecule has 2 atom stereocenters. The molecule has 10 nitrogen and oxygen atoms in total. The van der Waals surface area contributed by atoms with Gasteiger partial charge in [0.05, 0.1) is 11.4 Å². The Kier molecular flexibility index (Phi) is 9.45. The van der Waals surface area contributed by atoms with Crippen LogP contribution >= 0.6 is 0 Å². The predicted molar refractivity (Wildman–Crippen MR) is 162 cm³/mol. The van der Waals surface area contributed by atoms with Crippen molar-refractivity contribution < 1.29 is 38.0 Å². The summed E-state index contributed by atoms with van der Waals surface area (Å²) in [6.07, 6.45) is 0.827. The summed E-state index contributed by atoms with van der Waals surface area (Å²) in [5, 5.41) is 15.2. The molecule has 0 aromatic heterocycles. The van der Waals surface area contributed by atoms with Crippen LogP contribution in [0.1, 0.15) is 24.5 Å². The van der Waals surface area contributed by atoms with E-state index < -0.39 is 29.9 Å². The molecule has 0 bridgehead atoms. The minimum atomic E-state index is -1.12. The predicted octanol–water partition coefficient (Wildman–Crippen LogP) is 6.55. The summed E-state index contributed by atoms with van der Waals surface area (Å²) in [5.74, 6) is -0.307. The summed E-state index contributed by atoms with van der Waals surface area (Å²) < 4.78 is 37.3. The number of hydrogen-bond acceptors (Lipinski definition) is 8. The monoisotopic (exact) mass is 599 g/mol. The van der Waals surface area contributed by atoms with Gasteiger partial charge in [-0.15, -0.1) is 0 Å². The fraction of sp³-hybridized carbons (Fsp3) is 0.152. The van der Waals surface area contributed by atoms with Crippen molar-refractivity contribution in [2.45, 2.75) is 25.0 Å². The molecule has 0 aliphatic carbocycles. The van der Waals surface area contributed by atoms with E-state index >= 15 is 0 Å². The van der Waals surface area contributed by atoms with Crippen molar-refractivity contribution in [3.8, 4) is 23.0 Å². The Bertz CT molecular complexity index is 1650. The van der Waals surface area contributed by atoms with Crippen LogP contribution in [0.4, 0.5) is 26.2 Å². The molecule has 5 N–H and O–H groups in total. The first-order chi connectivity index (χ1) is 21.4. The maximum absolute atomic E-state index is 14.5. The van der Waals surface area contributed by atoms with Crippen molar-refractivity contribution in [1.82, 2.24) is 0 Å². The Labute approximate surface area is 252 Å². The molecule has 0 saturated heterocycles. The number of rotatable bonds is 11. The summed E-state index contributed by atoms with van der Waals surface area (Å²) in [7, 11) is 0. The number of anilines is 3. The van der Waals surface area contributed by atoms with Crippen molar-refractivity contribution in [1.29, 1.82) is 0 Å². The van der Waals surface area contributed by atoms with Crippen LogP contribution in [0.3, 0.4) is 0 Å². The number of nitrogens with one attached hydrogen (secondary N) is 2. The summed E-state index contributed by atoms with van der Waals surface area (Å²) in [6, 6.07) is 24.4. The van der Waals surface area contributed by atoms with Crippen molar-refractivity contribution in [3.63, 3.8) is 0 Å². The summed E-state index contributed by atoms with van der Waals surface area (Å²) >= 11 is 0. The molecular weight excluding hydrogens is 569 g/mol. The van der Waals surface area contributed by atoms with Gasteiger partial charge in [0.2, 0.25) is 12.7 Å². The van der Waals surface area contributed by atoms with Gasteiger partial charge in [-0.1, -0.05) is 42.5 Å². The average Bonchev–Trinajstić information content (AvgIpc) is 3.49. The lowest BCUT2D eigenvalue weighted by molar-refractivity contribution is -0.111. The minimum Gasteiger partial charge on any atom is -0.505 e. The summed E-state index contributed by atoms with van der Waals surface area (Å²) in [4.78, 5) is 25.6. The molecule has 0 radical (unpaired) electrons. The minimum absolute atomic E-state index is 0.0760. The van der Waals surface area contributed by atoms with Gasteiger partial charge in [0, 0.05) is 11.8 Å². The second kappa shape index (κ2) is 14.0. The van der Waals surface area contributed by atoms with Gasteiger partial charge in [-0.05, 0) is 73.0 Å². The van der Waals surface area contributed by atoms with E-state index in [1.165, 1.54) is 18.2 Å². The van der Waals surface area contributed by atoms with Gasteiger partial charge in [0.15, 0.2) is 29.2 Å². The highest BCUT2D eigenvalue weighted by molar-refractivity contribution is 6.01.